The first kappa shape index (κ1) is 21.2. The molecule has 0 radical (unpaired) electrons. The van der Waals surface area contributed by atoms with Gasteiger partial charge in [-0.1, -0.05) is 44.2 Å². The fraction of sp³-hybridized carbons (Fsp3) is 0.480. The largest absolute Gasteiger partial charge is 0.419 e. The number of hydrogen-bond donors (Lipinski definition) is 0. The molecule has 1 aromatic rings. The van der Waals surface area contributed by atoms with E-state index < -0.39 is 11.9 Å². The number of allylic oxidation sites excluding steroid dienone is 4. The molecule has 2 atom stereocenters. The van der Waals surface area contributed by atoms with Crippen LogP contribution in [0.15, 0.2) is 53.8 Å². The number of carbonyl (C=O) groups excluding carboxylic acids is 3. The summed E-state index contributed by atoms with van der Waals surface area (Å²) in [7, 11) is 0. The normalized spacial score (nSPS) is 24.7. The van der Waals surface area contributed by atoms with Crippen molar-refractivity contribution in [1.29, 1.82) is 0 Å². The van der Waals surface area contributed by atoms with Gasteiger partial charge in [-0.15, -0.1) is 0 Å². The zero-order valence-corrected chi connectivity index (χ0v) is 17.4. The molecule has 154 valence electrons. The maximum absolute atomic E-state index is 13.3. The number of Topliss-reactive ketones (excluding diaryl/α,β-unsaturated/α-hetero) is 2. The van der Waals surface area contributed by atoms with E-state index in [0.29, 0.717) is 18.4 Å². The minimum atomic E-state index is -0.516. The van der Waals surface area contributed by atoms with Crippen LogP contribution in [0.25, 0.3) is 0 Å². The Hall–Kier alpha value is -2.49. The number of benzene rings is 1. The molecule has 0 aliphatic heterocycles. The number of esters is 1. The van der Waals surface area contributed by atoms with Gasteiger partial charge in [0.1, 0.15) is 5.78 Å². The minimum Gasteiger partial charge on any atom is -0.419 e. The van der Waals surface area contributed by atoms with Crippen LogP contribution < -0.4 is 0 Å². The number of ketones is 2. The summed E-state index contributed by atoms with van der Waals surface area (Å²) in [5, 5.41) is 0. The van der Waals surface area contributed by atoms with Gasteiger partial charge in [-0.3, -0.25) is 9.59 Å². The lowest BCUT2D eigenvalue weighted by atomic mass is 9.78. The monoisotopic (exact) mass is 394 g/mol. The Bertz CT molecular complexity index is 816. The topological polar surface area (TPSA) is 60.4 Å². The van der Waals surface area contributed by atoms with Crippen molar-refractivity contribution in [2.75, 3.05) is 0 Å². The van der Waals surface area contributed by atoms with Crippen LogP contribution in [-0.4, -0.2) is 17.5 Å². The third-order valence-corrected chi connectivity index (χ3v) is 5.88. The molecule has 0 spiro atoms. The van der Waals surface area contributed by atoms with E-state index in [9.17, 15) is 14.4 Å². The van der Waals surface area contributed by atoms with Crippen LogP contribution in [-0.2, 0) is 14.3 Å². The summed E-state index contributed by atoms with van der Waals surface area (Å²) in [5.41, 5.74) is 1.32. The quantitative estimate of drug-likeness (QED) is 0.506. The van der Waals surface area contributed by atoms with E-state index in [-0.39, 0.29) is 35.6 Å². The lowest BCUT2D eigenvalue weighted by Gasteiger charge is -2.24. The third kappa shape index (κ3) is 5.11. The number of carbonyl (C=O) groups is 3. The molecule has 3 rings (SSSR count). The van der Waals surface area contributed by atoms with Crippen LogP contribution in [0.2, 0.25) is 0 Å². The molecule has 0 saturated carbocycles. The fourth-order valence-corrected chi connectivity index (χ4v) is 4.50. The Labute approximate surface area is 173 Å². The molecule has 0 heterocycles. The highest BCUT2D eigenvalue weighted by Crippen LogP contribution is 2.44. The Morgan fingerprint density at radius 3 is 2.45 bits per heavy atom. The maximum atomic E-state index is 13.3. The summed E-state index contributed by atoms with van der Waals surface area (Å²) in [6.07, 6.45) is 9.34. The molecule has 0 saturated heterocycles. The van der Waals surface area contributed by atoms with E-state index >= 15 is 0 Å². The molecule has 0 amide bonds. The zero-order valence-electron chi connectivity index (χ0n) is 17.4. The molecule has 1 aromatic carbocycles. The van der Waals surface area contributed by atoms with Crippen LogP contribution >= 0.6 is 0 Å². The highest BCUT2D eigenvalue weighted by molar-refractivity contribution is 6.04. The molecule has 4 heteroatoms. The standard InChI is InChI=1S/C25H30O4/c1-17(2)22-20-15-11-6-4-3-5-10-14-19(26)16-21(22)23(27)24(20)29-25(28)18-12-8-7-9-13-18/h4,6-9,12-13,17,21-22H,3,5,10-11,14-16H2,1-2H3/b6-4+/t21-,22+/m0/s1. The van der Waals surface area contributed by atoms with E-state index in [4.69, 9.17) is 4.74 Å². The number of fused-ring (bicyclic) bond motifs is 2. The van der Waals surface area contributed by atoms with E-state index in [1.165, 1.54) is 0 Å². The highest BCUT2D eigenvalue weighted by Gasteiger charge is 2.45. The molecule has 0 unspecified atom stereocenters. The zero-order chi connectivity index (χ0) is 20.8. The summed E-state index contributed by atoms with van der Waals surface area (Å²) in [4.78, 5) is 38.5. The first-order chi connectivity index (χ1) is 14.0. The fourth-order valence-electron chi connectivity index (χ4n) is 4.50. The van der Waals surface area contributed by atoms with Gasteiger partial charge in [0.05, 0.1) is 5.56 Å². The van der Waals surface area contributed by atoms with Crippen LogP contribution in [0.4, 0.5) is 0 Å². The van der Waals surface area contributed by atoms with Gasteiger partial charge >= 0.3 is 5.97 Å². The lowest BCUT2D eigenvalue weighted by molar-refractivity contribution is -0.127. The van der Waals surface area contributed by atoms with Gasteiger partial charge in [-0.05, 0) is 61.6 Å². The van der Waals surface area contributed by atoms with Crippen molar-refractivity contribution in [3.63, 3.8) is 0 Å². The van der Waals surface area contributed by atoms with Crippen molar-refractivity contribution in [2.24, 2.45) is 17.8 Å². The number of ether oxygens (including phenoxy) is 1. The van der Waals surface area contributed by atoms with Crippen LogP contribution in [0.3, 0.4) is 0 Å². The van der Waals surface area contributed by atoms with Gasteiger partial charge in [0.2, 0.25) is 5.78 Å². The Kier molecular flexibility index (Phi) is 7.18. The molecule has 0 aromatic heterocycles. The van der Waals surface area contributed by atoms with Gasteiger partial charge in [0.25, 0.3) is 0 Å². The van der Waals surface area contributed by atoms with Crippen LogP contribution in [0, 0.1) is 17.8 Å². The molecule has 4 nitrogen and oxygen atoms in total. The summed E-state index contributed by atoms with van der Waals surface area (Å²) in [5.74, 6) is -0.670. The lowest BCUT2D eigenvalue weighted by Crippen LogP contribution is -2.25. The summed E-state index contributed by atoms with van der Waals surface area (Å²) >= 11 is 0. The van der Waals surface area contributed by atoms with Crippen molar-refractivity contribution in [1.82, 2.24) is 0 Å². The summed E-state index contributed by atoms with van der Waals surface area (Å²) in [6, 6.07) is 8.72. The average Bonchev–Trinajstić information content (AvgIpc) is 2.96. The molecule has 0 fully saturated rings. The van der Waals surface area contributed by atoms with Crippen molar-refractivity contribution >= 4 is 17.5 Å². The predicted octanol–water partition coefficient (Wildman–Crippen LogP) is 5.44. The van der Waals surface area contributed by atoms with Gasteiger partial charge < -0.3 is 4.74 Å². The highest BCUT2D eigenvalue weighted by atomic mass is 16.5. The van der Waals surface area contributed by atoms with Crippen molar-refractivity contribution in [3.8, 4) is 0 Å². The van der Waals surface area contributed by atoms with E-state index in [1.807, 2.05) is 6.07 Å². The molecule has 2 aliphatic rings. The van der Waals surface area contributed by atoms with Gasteiger partial charge in [-0.2, -0.15) is 0 Å². The van der Waals surface area contributed by atoms with Gasteiger partial charge in [0.15, 0.2) is 5.76 Å². The van der Waals surface area contributed by atoms with E-state index in [1.54, 1.807) is 24.3 Å². The Morgan fingerprint density at radius 2 is 1.72 bits per heavy atom. The summed E-state index contributed by atoms with van der Waals surface area (Å²) in [6.45, 7) is 4.15. The molecule has 0 N–H and O–H groups in total. The minimum absolute atomic E-state index is 0.0563. The predicted molar refractivity (Wildman–Crippen MR) is 112 cm³/mol. The molecule has 29 heavy (non-hydrogen) atoms. The molecule has 2 aliphatic carbocycles. The second-order valence-corrected chi connectivity index (χ2v) is 8.35. The molecular weight excluding hydrogens is 364 g/mol. The Balaban J connectivity index is 1.94. The van der Waals surface area contributed by atoms with Crippen molar-refractivity contribution in [2.45, 2.75) is 58.8 Å². The van der Waals surface area contributed by atoms with Gasteiger partial charge in [-0.25, -0.2) is 4.79 Å². The first-order valence-electron chi connectivity index (χ1n) is 10.7. The Morgan fingerprint density at radius 1 is 1.00 bits per heavy atom. The molecular formula is C25H30O4. The van der Waals surface area contributed by atoms with Crippen LogP contribution in [0.5, 0.6) is 0 Å². The van der Waals surface area contributed by atoms with E-state index in [0.717, 1.165) is 31.3 Å². The van der Waals surface area contributed by atoms with Crippen molar-refractivity contribution < 1.29 is 19.1 Å². The SMILES string of the molecule is CC(C)[C@@H]1C2=C(OC(=O)c3ccccc3)C(=O)[C@H]1CC(=O)CCCC/C=C/CC2. The molecule has 2 bridgehead atoms. The average molecular weight is 395 g/mol. The van der Waals surface area contributed by atoms with Gasteiger partial charge in [0, 0.05) is 18.8 Å². The number of rotatable bonds is 3. The van der Waals surface area contributed by atoms with E-state index in [2.05, 4.69) is 26.0 Å². The second kappa shape index (κ2) is 9.82. The van der Waals surface area contributed by atoms with Crippen LogP contribution in [0.1, 0.15) is 69.2 Å². The maximum Gasteiger partial charge on any atom is 0.343 e. The van der Waals surface area contributed by atoms with Crippen molar-refractivity contribution in [3.05, 3.63) is 59.4 Å². The smallest absolute Gasteiger partial charge is 0.343 e. The first-order valence-corrected chi connectivity index (χ1v) is 10.7. The number of hydrogen-bond acceptors (Lipinski definition) is 4. The third-order valence-electron chi connectivity index (χ3n) is 5.88. The summed E-state index contributed by atoms with van der Waals surface area (Å²) < 4.78 is 5.67. The second-order valence-electron chi connectivity index (χ2n) is 8.35.